The van der Waals surface area contributed by atoms with Gasteiger partial charge in [0.05, 0.1) is 40.7 Å². The van der Waals surface area contributed by atoms with Gasteiger partial charge in [-0.3, -0.25) is 24.3 Å². The zero-order chi connectivity index (χ0) is 39.0. The molecule has 5 rings (SSSR count). The summed E-state index contributed by atoms with van der Waals surface area (Å²) in [4.78, 5) is 31.1. The topological polar surface area (TPSA) is 305 Å². The monoisotopic (exact) mass is 883 g/mol. The number of nitro groups is 1. The van der Waals surface area contributed by atoms with Gasteiger partial charge in [-0.05, 0) is 83.5 Å². The van der Waals surface area contributed by atoms with Crippen LogP contribution in [0.2, 0.25) is 5.28 Å². The molecule has 28 heteroatoms. The van der Waals surface area contributed by atoms with Gasteiger partial charge in [-0.1, -0.05) is 17.9 Å². The molecule has 3 aromatic rings. The van der Waals surface area contributed by atoms with Crippen molar-refractivity contribution in [1.82, 2.24) is 15.0 Å². The number of anilines is 3. The van der Waals surface area contributed by atoms with Crippen LogP contribution < -0.4 is 80.3 Å². The maximum Gasteiger partial charge on any atom is 1.00 e. The quantitative estimate of drug-likeness (QED) is 0.0145. The number of benzene rings is 2. The molecule has 21 nitrogen and oxygen atoms in total. The van der Waals surface area contributed by atoms with Crippen LogP contribution in [0.5, 0.6) is 0 Å². The first-order chi connectivity index (χ1) is 25.5. The molecule has 0 spiro atoms. The third-order valence-electron chi connectivity index (χ3n) is 6.38. The van der Waals surface area contributed by atoms with Crippen LogP contribution in [-0.2, 0) is 33.9 Å². The molecule has 282 valence electrons. The molecular weight excluding hydrogens is 864 g/mol. The van der Waals surface area contributed by atoms with E-state index < -0.39 is 48.4 Å². The fraction of sp³-hybridized carbons (Fsp3) is 0.0714. The molecule has 2 aliphatic carbocycles. The van der Waals surface area contributed by atoms with E-state index in [2.05, 4.69) is 50.2 Å². The van der Waals surface area contributed by atoms with Crippen molar-refractivity contribution in [3.05, 3.63) is 110 Å². The average molecular weight is 884 g/mol. The number of fused-ring (bicyclic) bond motifs is 1. The predicted molar refractivity (Wildman–Crippen MR) is 195 cm³/mol. The minimum absolute atomic E-state index is 0. The van der Waals surface area contributed by atoms with Crippen molar-refractivity contribution in [3.63, 3.8) is 0 Å². The largest absolute Gasteiger partial charge is 1.00 e. The minimum Gasteiger partial charge on any atom is -0.871 e. The van der Waals surface area contributed by atoms with Gasteiger partial charge in [-0.2, -0.15) is 32.8 Å². The van der Waals surface area contributed by atoms with Crippen LogP contribution >= 0.6 is 35.9 Å². The van der Waals surface area contributed by atoms with Gasteiger partial charge in [-0.15, -0.1) is 0 Å². The summed E-state index contributed by atoms with van der Waals surface area (Å²) in [7, 11) is -9.83. The number of aliphatic imine (C=N–C) groups is 1. The number of non-ortho nitro benzene ring substituents is 1. The first kappa shape index (κ1) is 47.2. The SMILES string of the molecule is O=[N+]([O-])c1cccc(NC(=S)Nc2nc(Cl)nc(N=C3C=CC4=C([O-])C(=NNc5ccc(SOOCCOS(=O)(=O)[O-])cc5)C(S(=O)(=O)O)=CC4=C3)n2)c1.[Na+].[Na+]. The fourth-order valence-electron chi connectivity index (χ4n) is 4.19. The molecule has 0 fully saturated rings. The number of aromatic nitrogens is 3. The number of rotatable bonds is 14. The molecule has 0 atom stereocenters. The van der Waals surface area contributed by atoms with Crippen molar-refractivity contribution in [2.45, 2.75) is 4.90 Å². The van der Waals surface area contributed by atoms with Gasteiger partial charge in [0.2, 0.25) is 21.6 Å². The number of allylic oxidation sites excluding steroid dienone is 7. The molecule has 0 saturated heterocycles. The molecule has 4 N–H and O–H groups in total. The van der Waals surface area contributed by atoms with E-state index in [9.17, 15) is 41.2 Å². The Kier molecular flexibility index (Phi) is 17.7. The van der Waals surface area contributed by atoms with E-state index in [0.717, 1.165) is 18.1 Å². The summed E-state index contributed by atoms with van der Waals surface area (Å²) < 4.78 is 74.6. The molecule has 0 radical (unpaired) electrons. The van der Waals surface area contributed by atoms with E-state index in [0.29, 0.717) is 16.3 Å². The second-order valence-electron chi connectivity index (χ2n) is 10.1. The van der Waals surface area contributed by atoms with Crippen molar-refractivity contribution in [2.75, 3.05) is 29.3 Å². The van der Waals surface area contributed by atoms with Crippen molar-refractivity contribution in [3.8, 4) is 0 Å². The minimum atomic E-state index is -4.98. The molecule has 0 unspecified atom stereocenters. The maximum atomic E-state index is 13.4. The van der Waals surface area contributed by atoms with Gasteiger partial charge in [0, 0.05) is 22.7 Å². The van der Waals surface area contributed by atoms with Crippen molar-refractivity contribution in [1.29, 1.82) is 0 Å². The Morgan fingerprint density at radius 1 is 1.00 bits per heavy atom. The number of hydrogen-bond acceptors (Lipinski definition) is 19. The van der Waals surface area contributed by atoms with E-state index >= 15 is 0 Å². The van der Waals surface area contributed by atoms with Crippen LogP contribution in [0.15, 0.2) is 110 Å². The Morgan fingerprint density at radius 3 is 2.41 bits per heavy atom. The molecule has 0 aliphatic heterocycles. The van der Waals surface area contributed by atoms with Crippen LogP contribution in [-0.4, -0.2) is 75.6 Å². The number of hydrazone groups is 1. The Bertz CT molecular complexity index is 2420. The molecule has 2 aliphatic rings. The third-order valence-corrected chi connectivity index (χ3v) is 8.71. The van der Waals surface area contributed by atoms with E-state index in [1.807, 2.05) is 0 Å². The smallest absolute Gasteiger partial charge is 0.871 e. The summed E-state index contributed by atoms with van der Waals surface area (Å²) in [6, 6.07) is 11.6. The Balaban J connectivity index is 0.00000420. The molecule has 0 bridgehead atoms. The molecule has 1 heterocycles. The summed E-state index contributed by atoms with van der Waals surface area (Å²) >= 11 is 12.0. The van der Waals surface area contributed by atoms with Gasteiger partial charge in [-0.25, -0.2) is 18.3 Å². The molecular formula is C28H20ClN9Na2O12S4. The van der Waals surface area contributed by atoms with Gasteiger partial charge < -0.3 is 20.3 Å². The predicted octanol–water partition coefficient (Wildman–Crippen LogP) is -2.88. The van der Waals surface area contributed by atoms with E-state index in [4.69, 9.17) is 28.2 Å². The van der Waals surface area contributed by atoms with Gasteiger partial charge in [0.15, 0.2) is 5.11 Å². The Hall–Kier alpha value is -3.22. The molecule has 0 amide bonds. The van der Waals surface area contributed by atoms with Crippen LogP contribution in [0.1, 0.15) is 0 Å². The average Bonchev–Trinajstić information content (AvgIpc) is 3.08. The van der Waals surface area contributed by atoms with Crippen molar-refractivity contribution < 1.29 is 108 Å². The maximum absolute atomic E-state index is 13.4. The number of thiocarbonyl (C=S) groups is 1. The number of nitrogens with one attached hydrogen (secondary N) is 3. The van der Waals surface area contributed by atoms with Crippen LogP contribution in [0.3, 0.4) is 0 Å². The van der Waals surface area contributed by atoms with Crippen molar-refractivity contribution >= 4 is 102 Å². The fourth-order valence-corrected chi connectivity index (χ4v) is 5.93. The van der Waals surface area contributed by atoms with E-state index in [1.54, 1.807) is 6.07 Å². The zero-order valence-corrected chi connectivity index (χ0v) is 36.5. The van der Waals surface area contributed by atoms with Crippen LogP contribution in [0.25, 0.3) is 0 Å². The van der Waals surface area contributed by atoms with Crippen LogP contribution in [0.4, 0.5) is 29.0 Å². The summed E-state index contributed by atoms with van der Waals surface area (Å²) in [5, 5.41) is 33.5. The summed E-state index contributed by atoms with van der Waals surface area (Å²) in [6.45, 7) is -0.896. The normalized spacial score (nSPS) is 15.2. The van der Waals surface area contributed by atoms with E-state index in [1.165, 1.54) is 60.7 Å². The van der Waals surface area contributed by atoms with Gasteiger partial charge in [0.1, 0.15) is 11.5 Å². The third kappa shape index (κ3) is 14.0. The summed E-state index contributed by atoms with van der Waals surface area (Å²) in [5.41, 5.74) is 2.64. The number of nitro benzene ring substituents is 1. The molecule has 1 aromatic heterocycles. The second-order valence-corrected chi connectivity index (χ2v) is 14.1. The summed E-state index contributed by atoms with van der Waals surface area (Å²) in [5.74, 6) is -1.19. The van der Waals surface area contributed by atoms with Gasteiger partial charge >= 0.3 is 59.1 Å². The Labute approximate surface area is 376 Å². The molecule has 56 heavy (non-hydrogen) atoms. The Morgan fingerprint density at radius 2 is 1.73 bits per heavy atom. The standard InChI is InChI=1S/C28H22ClN9O12S4.2Na/c29-25-32-26(34-27(33-25)35-28(51)31-17-2-1-3-19(14-17)38(40)41)30-18-6-9-21-15(12-18)13-22(53(42,43)44)23(24(21)39)37-36-16-4-7-20(8-5-16)52-50-48-10-11-49-54(45,46)47;;/h1-9,12-14,36,39H,10-11H2,(H,42,43,44)(H,45,46,47)(H2,31,32,33,34,35,51);;/q;2*+1/p-2. The van der Waals surface area contributed by atoms with Gasteiger partial charge in [0.25, 0.3) is 21.8 Å². The first-order valence-electron chi connectivity index (χ1n) is 14.4. The molecule has 2 aromatic carbocycles. The van der Waals surface area contributed by atoms with Crippen molar-refractivity contribution in [2.24, 2.45) is 10.1 Å². The van der Waals surface area contributed by atoms with E-state index in [-0.39, 0.29) is 111 Å². The second kappa shape index (κ2) is 21.0. The zero-order valence-electron chi connectivity index (χ0n) is 28.5. The van der Waals surface area contributed by atoms with Crippen LogP contribution in [0, 0.1) is 10.1 Å². The first-order valence-corrected chi connectivity index (χ1v) is 18.7. The number of hydrogen-bond donors (Lipinski definition) is 4. The number of nitrogens with zero attached hydrogens (tertiary/aromatic N) is 6. The number of halogens is 1. The molecule has 0 saturated carbocycles. The summed E-state index contributed by atoms with van der Waals surface area (Å²) in [6.07, 6.45) is 5.13.